The molecular formula is C13H27N3O. The molecule has 0 bridgehead atoms. The first kappa shape index (κ1) is 14.5. The van der Waals surface area contributed by atoms with E-state index in [1.54, 1.807) is 0 Å². The molecule has 0 aromatic carbocycles. The molecule has 0 saturated heterocycles. The second-order valence-corrected chi connectivity index (χ2v) is 5.41. The summed E-state index contributed by atoms with van der Waals surface area (Å²) >= 11 is 0. The van der Waals surface area contributed by atoms with Crippen LogP contribution in [0.1, 0.15) is 32.6 Å². The van der Waals surface area contributed by atoms with Crippen LogP contribution in [-0.2, 0) is 4.79 Å². The Morgan fingerprint density at radius 1 is 1.29 bits per heavy atom. The van der Waals surface area contributed by atoms with E-state index in [1.807, 2.05) is 19.0 Å². The highest BCUT2D eigenvalue weighted by Gasteiger charge is 2.29. The van der Waals surface area contributed by atoms with E-state index in [-0.39, 0.29) is 11.9 Å². The highest BCUT2D eigenvalue weighted by Crippen LogP contribution is 2.33. The van der Waals surface area contributed by atoms with Crippen molar-refractivity contribution < 1.29 is 4.79 Å². The number of carbonyl (C=O) groups is 1. The molecule has 0 aliphatic heterocycles. The minimum Gasteiger partial charge on any atom is -0.340 e. The quantitative estimate of drug-likeness (QED) is 0.687. The molecule has 1 aliphatic carbocycles. The van der Waals surface area contributed by atoms with E-state index in [2.05, 4.69) is 11.8 Å². The van der Waals surface area contributed by atoms with Crippen molar-refractivity contribution in [1.29, 1.82) is 0 Å². The zero-order valence-electron chi connectivity index (χ0n) is 11.5. The maximum atomic E-state index is 12.2. The number of carbonyl (C=O) groups excluding carboxylic acids is 1. The van der Waals surface area contributed by atoms with E-state index < -0.39 is 0 Å². The Kier molecular flexibility index (Phi) is 5.92. The molecule has 1 amide bonds. The molecule has 1 fully saturated rings. The Balaban J connectivity index is 2.39. The topological polar surface area (TPSA) is 49.6 Å². The van der Waals surface area contributed by atoms with Gasteiger partial charge in [0.2, 0.25) is 5.91 Å². The molecule has 17 heavy (non-hydrogen) atoms. The van der Waals surface area contributed by atoms with Gasteiger partial charge in [0, 0.05) is 19.6 Å². The average molecular weight is 241 g/mol. The van der Waals surface area contributed by atoms with Gasteiger partial charge in [-0.25, -0.2) is 0 Å². The third kappa shape index (κ3) is 5.50. The summed E-state index contributed by atoms with van der Waals surface area (Å²) in [6.45, 7) is 4.62. The standard InChI is InChI=1S/C13H27N3O/c1-4-7-16(9-8-15(2)3)13(17)12(14)10-11-5-6-11/h11-12H,4-10,14H2,1-3H3. The van der Waals surface area contributed by atoms with Gasteiger partial charge in [0.25, 0.3) is 0 Å². The fourth-order valence-corrected chi connectivity index (χ4v) is 1.97. The summed E-state index contributed by atoms with van der Waals surface area (Å²) in [5.41, 5.74) is 5.99. The van der Waals surface area contributed by atoms with Crippen LogP contribution in [-0.4, -0.2) is 55.5 Å². The fraction of sp³-hybridized carbons (Fsp3) is 0.923. The lowest BCUT2D eigenvalue weighted by Crippen LogP contribution is -2.46. The molecule has 1 saturated carbocycles. The van der Waals surface area contributed by atoms with Crippen LogP contribution in [0, 0.1) is 5.92 Å². The number of amides is 1. The molecule has 0 spiro atoms. The lowest BCUT2D eigenvalue weighted by atomic mass is 10.1. The lowest BCUT2D eigenvalue weighted by Gasteiger charge is -2.26. The summed E-state index contributed by atoms with van der Waals surface area (Å²) < 4.78 is 0. The number of nitrogens with two attached hydrogens (primary N) is 1. The summed E-state index contributed by atoms with van der Waals surface area (Å²) in [5, 5.41) is 0. The van der Waals surface area contributed by atoms with Crippen molar-refractivity contribution in [3.63, 3.8) is 0 Å². The van der Waals surface area contributed by atoms with Crippen molar-refractivity contribution in [2.24, 2.45) is 11.7 Å². The van der Waals surface area contributed by atoms with E-state index in [1.165, 1.54) is 12.8 Å². The Morgan fingerprint density at radius 2 is 1.94 bits per heavy atom. The van der Waals surface area contributed by atoms with Crippen molar-refractivity contribution in [1.82, 2.24) is 9.80 Å². The minimum absolute atomic E-state index is 0.139. The van der Waals surface area contributed by atoms with Crippen molar-refractivity contribution in [2.45, 2.75) is 38.6 Å². The van der Waals surface area contributed by atoms with Crippen LogP contribution in [0.3, 0.4) is 0 Å². The van der Waals surface area contributed by atoms with Gasteiger partial charge >= 0.3 is 0 Å². The average Bonchev–Trinajstić information content (AvgIpc) is 3.06. The van der Waals surface area contributed by atoms with Crippen molar-refractivity contribution in [3.05, 3.63) is 0 Å². The molecule has 1 rings (SSSR count). The first-order valence-corrected chi connectivity index (χ1v) is 6.73. The summed E-state index contributed by atoms with van der Waals surface area (Å²) in [5.74, 6) is 0.854. The normalized spacial score (nSPS) is 17.2. The Labute approximate surface area is 105 Å². The third-order valence-electron chi connectivity index (χ3n) is 3.22. The molecule has 0 radical (unpaired) electrons. The molecule has 2 N–H and O–H groups in total. The van der Waals surface area contributed by atoms with Gasteiger partial charge in [0.05, 0.1) is 6.04 Å². The van der Waals surface area contributed by atoms with E-state index in [0.717, 1.165) is 32.5 Å². The zero-order chi connectivity index (χ0) is 12.8. The smallest absolute Gasteiger partial charge is 0.239 e. The first-order chi connectivity index (χ1) is 8.04. The summed E-state index contributed by atoms with van der Waals surface area (Å²) in [4.78, 5) is 16.2. The van der Waals surface area contributed by atoms with Gasteiger partial charge in [-0.1, -0.05) is 19.8 Å². The van der Waals surface area contributed by atoms with Gasteiger partial charge in [-0.15, -0.1) is 0 Å². The van der Waals surface area contributed by atoms with Crippen molar-refractivity contribution in [2.75, 3.05) is 33.7 Å². The Hall–Kier alpha value is -0.610. The maximum Gasteiger partial charge on any atom is 0.239 e. The molecule has 0 aromatic heterocycles. The molecule has 1 aliphatic rings. The van der Waals surface area contributed by atoms with Gasteiger partial charge < -0.3 is 15.5 Å². The predicted octanol–water partition coefficient (Wildman–Crippen LogP) is 0.914. The van der Waals surface area contributed by atoms with E-state index in [0.29, 0.717) is 5.92 Å². The summed E-state index contributed by atoms with van der Waals surface area (Å²) in [6, 6.07) is -0.281. The summed E-state index contributed by atoms with van der Waals surface area (Å²) in [6.07, 6.45) is 4.38. The lowest BCUT2D eigenvalue weighted by molar-refractivity contribution is -0.133. The van der Waals surface area contributed by atoms with Crippen LogP contribution in [0.2, 0.25) is 0 Å². The SMILES string of the molecule is CCCN(CCN(C)C)C(=O)C(N)CC1CC1. The van der Waals surface area contributed by atoms with Crippen LogP contribution in [0.15, 0.2) is 0 Å². The van der Waals surface area contributed by atoms with E-state index in [4.69, 9.17) is 5.73 Å². The maximum absolute atomic E-state index is 12.2. The molecule has 0 heterocycles. The number of hydrogen-bond acceptors (Lipinski definition) is 3. The third-order valence-corrected chi connectivity index (χ3v) is 3.22. The highest BCUT2D eigenvalue weighted by molar-refractivity contribution is 5.81. The largest absolute Gasteiger partial charge is 0.340 e. The summed E-state index contributed by atoms with van der Waals surface area (Å²) in [7, 11) is 4.05. The second-order valence-electron chi connectivity index (χ2n) is 5.41. The predicted molar refractivity (Wildman–Crippen MR) is 70.7 cm³/mol. The monoisotopic (exact) mass is 241 g/mol. The van der Waals surface area contributed by atoms with Gasteiger partial charge in [0.1, 0.15) is 0 Å². The number of rotatable bonds is 8. The van der Waals surface area contributed by atoms with Crippen molar-refractivity contribution in [3.8, 4) is 0 Å². The van der Waals surface area contributed by atoms with E-state index in [9.17, 15) is 4.79 Å². The van der Waals surface area contributed by atoms with Crippen LogP contribution in [0.25, 0.3) is 0 Å². The molecular weight excluding hydrogens is 214 g/mol. The number of hydrogen-bond donors (Lipinski definition) is 1. The molecule has 0 aromatic rings. The number of nitrogens with zero attached hydrogens (tertiary/aromatic N) is 2. The van der Waals surface area contributed by atoms with Gasteiger partial charge in [-0.05, 0) is 32.9 Å². The molecule has 100 valence electrons. The van der Waals surface area contributed by atoms with Gasteiger partial charge in [0.15, 0.2) is 0 Å². The van der Waals surface area contributed by atoms with Gasteiger partial charge in [-0.3, -0.25) is 4.79 Å². The van der Waals surface area contributed by atoms with Crippen LogP contribution in [0.5, 0.6) is 0 Å². The highest BCUT2D eigenvalue weighted by atomic mass is 16.2. The first-order valence-electron chi connectivity index (χ1n) is 6.73. The van der Waals surface area contributed by atoms with Crippen molar-refractivity contribution >= 4 is 5.91 Å². The van der Waals surface area contributed by atoms with Crippen LogP contribution < -0.4 is 5.73 Å². The van der Waals surface area contributed by atoms with Crippen LogP contribution in [0.4, 0.5) is 0 Å². The molecule has 4 nitrogen and oxygen atoms in total. The van der Waals surface area contributed by atoms with Crippen LogP contribution >= 0.6 is 0 Å². The van der Waals surface area contributed by atoms with E-state index >= 15 is 0 Å². The molecule has 1 atom stereocenters. The Bertz CT molecular complexity index is 239. The minimum atomic E-state index is -0.281. The fourth-order valence-electron chi connectivity index (χ4n) is 1.97. The molecule has 1 unspecified atom stereocenters. The van der Waals surface area contributed by atoms with Gasteiger partial charge in [-0.2, -0.15) is 0 Å². The Morgan fingerprint density at radius 3 is 2.41 bits per heavy atom. The molecule has 4 heteroatoms. The number of likely N-dealkylation sites (N-methyl/N-ethyl adjacent to an activating group) is 1. The second kappa shape index (κ2) is 6.97. The zero-order valence-corrected chi connectivity index (χ0v) is 11.5.